The highest BCUT2D eigenvalue weighted by Gasteiger charge is 2.39. The van der Waals surface area contributed by atoms with Crippen LogP contribution in [0.1, 0.15) is 22.6 Å². The second kappa shape index (κ2) is 10.5. The van der Waals surface area contributed by atoms with Gasteiger partial charge in [0.2, 0.25) is 5.91 Å². The number of aliphatic carboxylic acids is 1. The predicted molar refractivity (Wildman–Crippen MR) is 138 cm³/mol. The Kier molecular flexibility index (Phi) is 6.80. The zero-order valence-electron chi connectivity index (χ0n) is 19.9. The maximum atomic E-state index is 13.9. The number of amides is 1. The van der Waals surface area contributed by atoms with Crippen molar-refractivity contribution in [3.8, 4) is 0 Å². The molecule has 1 atom stereocenters. The Bertz CT molecular complexity index is 1270. The summed E-state index contributed by atoms with van der Waals surface area (Å²) in [5, 5.41) is 14.6. The van der Waals surface area contributed by atoms with Gasteiger partial charge in [-0.15, -0.1) is 0 Å². The largest absolute Gasteiger partial charge is 0.480 e. The van der Waals surface area contributed by atoms with Crippen molar-refractivity contribution in [2.75, 3.05) is 24.5 Å². The number of hydrogen-bond donors (Lipinski definition) is 1. The van der Waals surface area contributed by atoms with Crippen LogP contribution in [0.4, 0.5) is 5.82 Å². The number of benzene rings is 3. The van der Waals surface area contributed by atoms with E-state index in [1.807, 2.05) is 107 Å². The molecule has 5 rings (SSSR count). The maximum absolute atomic E-state index is 13.9. The summed E-state index contributed by atoms with van der Waals surface area (Å²) in [4.78, 5) is 29.9. The van der Waals surface area contributed by atoms with Crippen molar-refractivity contribution in [3.63, 3.8) is 0 Å². The number of carboxylic acid groups (broad SMARTS) is 1. The molecular formula is C29H28N4O3. The summed E-state index contributed by atoms with van der Waals surface area (Å²) in [6.45, 7) is 1.61. The average molecular weight is 481 g/mol. The lowest BCUT2D eigenvalue weighted by Crippen LogP contribution is -2.59. The summed E-state index contributed by atoms with van der Waals surface area (Å²) in [5.41, 5.74) is 2.81. The van der Waals surface area contributed by atoms with Crippen molar-refractivity contribution < 1.29 is 14.7 Å². The van der Waals surface area contributed by atoms with Gasteiger partial charge in [-0.1, -0.05) is 91.0 Å². The molecule has 182 valence electrons. The van der Waals surface area contributed by atoms with Crippen LogP contribution in [0.15, 0.2) is 103 Å². The Hall–Kier alpha value is -4.39. The SMILES string of the molecule is O=C(O)[C@@H]1CN(c2ccnn2Cc2ccccc2)CCN1C(=O)C(c1ccccc1)c1ccccc1. The fourth-order valence-electron chi connectivity index (χ4n) is 4.87. The molecule has 0 aliphatic carbocycles. The molecule has 4 aromatic rings. The van der Waals surface area contributed by atoms with Gasteiger partial charge in [-0.05, 0) is 16.7 Å². The van der Waals surface area contributed by atoms with Crippen molar-refractivity contribution in [2.24, 2.45) is 0 Å². The summed E-state index contributed by atoms with van der Waals surface area (Å²) in [5.74, 6) is -0.927. The van der Waals surface area contributed by atoms with Gasteiger partial charge in [-0.3, -0.25) is 4.79 Å². The predicted octanol–water partition coefficient (Wildman–Crippen LogP) is 3.87. The smallest absolute Gasteiger partial charge is 0.328 e. The van der Waals surface area contributed by atoms with Gasteiger partial charge >= 0.3 is 5.97 Å². The van der Waals surface area contributed by atoms with Gasteiger partial charge in [0.15, 0.2) is 0 Å². The summed E-state index contributed by atoms with van der Waals surface area (Å²) in [6.07, 6.45) is 1.73. The Labute approximate surface area is 210 Å². The zero-order valence-corrected chi connectivity index (χ0v) is 19.9. The van der Waals surface area contributed by atoms with Gasteiger partial charge < -0.3 is 14.9 Å². The van der Waals surface area contributed by atoms with E-state index in [1.54, 1.807) is 6.20 Å². The molecule has 0 bridgehead atoms. The van der Waals surface area contributed by atoms with Gasteiger partial charge in [-0.25, -0.2) is 9.48 Å². The van der Waals surface area contributed by atoms with E-state index in [0.29, 0.717) is 19.6 Å². The van der Waals surface area contributed by atoms with E-state index < -0.39 is 17.9 Å². The van der Waals surface area contributed by atoms with E-state index in [4.69, 9.17) is 0 Å². The molecular weight excluding hydrogens is 452 g/mol. The van der Waals surface area contributed by atoms with E-state index in [-0.39, 0.29) is 12.5 Å². The quantitative estimate of drug-likeness (QED) is 0.435. The summed E-state index contributed by atoms with van der Waals surface area (Å²) in [6, 6.07) is 30.1. The molecule has 2 heterocycles. The number of carbonyl (C=O) groups excluding carboxylic acids is 1. The lowest BCUT2D eigenvalue weighted by atomic mass is 9.89. The van der Waals surface area contributed by atoms with Crippen molar-refractivity contribution in [1.29, 1.82) is 0 Å². The first-order chi connectivity index (χ1) is 17.6. The van der Waals surface area contributed by atoms with Crippen LogP contribution in [-0.2, 0) is 16.1 Å². The number of anilines is 1. The highest BCUT2D eigenvalue weighted by Crippen LogP contribution is 2.29. The van der Waals surface area contributed by atoms with E-state index >= 15 is 0 Å². The molecule has 1 amide bonds. The van der Waals surface area contributed by atoms with Gasteiger partial charge in [-0.2, -0.15) is 5.10 Å². The minimum Gasteiger partial charge on any atom is -0.480 e. The van der Waals surface area contributed by atoms with Crippen LogP contribution in [-0.4, -0.2) is 57.3 Å². The number of carbonyl (C=O) groups is 2. The topological polar surface area (TPSA) is 78.7 Å². The molecule has 0 radical (unpaired) electrons. The zero-order chi connectivity index (χ0) is 24.9. The monoisotopic (exact) mass is 480 g/mol. The van der Waals surface area contributed by atoms with Crippen LogP contribution < -0.4 is 4.90 Å². The van der Waals surface area contributed by atoms with Crippen molar-refractivity contribution in [2.45, 2.75) is 18.5 Å². The summed E-state index contributed by atoms with van der Waals surface area (Å²) in [7, 11) is 0. The molecule has 1 aliphatic heterocycles. The molecule has 1 saturated heterocycles. The minimum atomic E-state index is -1.01. The molecule has 0 saturated carbocycles. The number of nitrogens with zero attached hydrogens (tertiary/aromatic N) is 4. The maximum Gasteiger partial charge on any atom is 0.328 e. The second-order valence-electron chi connectivity index (χ2n) is 8.92. The number of rotatable bonds is 7. The van der Waals surface area contributed by atoms with Crippen LogP contribution in [0, 0.1) is 0 Å². The lowest BCUT2D eigenvalue weighted by molar-refractivity contribution is -0.151. The molecule has 36 heavy (non-hydrogen) atoms. The molecule has 0 spiro atoms. The normalized spacial score (nSPS) is 15.8. The van der Waals surface area contributed by atoms with Gasteiger partial charge in [0.05, 0.1) is 25.2 Å². The molecule has 1 aromatic heterocycles. The van der Waals surface area contributed by atoms with E-state index in [1.165, 1.54) is 4.90 Å². The number of aromatic nitrogens is 2. The first-order valence-electron chi connectivity index (χ1n) is 12.1. The van der Waals surface area contributed by atoms with Crippen LogP contribution in [0.5, 0.6) is 0 Å². The molecule has 7 nitrogen and oxygen atoms in total. The Morgan fingerprint density at radius 1 is 0.833 bits per heavy atom. The first-order valence-corrected chi connectivity index (χ1v) is 12.1. The second-order valence-corrected chi connectivity index (χ2v) is 8.92. The molecule has 0 unspecified atom stereocenters. The number of carboxylic acids is 1. The average Bonchev–Trinajstić information content (AvgIpc) is 3.38. The minimum absolute atomic E-state index is 0.192. The van der Waals surface area contributed by atoms with Gasteiger partial charge in [0.1, 0.15) is 11.9 Å². The van der Waals surface area contributed by atoms with Gasteiger partial charge in [0.25, 0.3) is 0 Å². The Morgan fingerprint density at radius 3 is 2.00 bits per heavy atom. The molecule has 7 heteroatoms. The van der Waals surface area contributed by atoms with Crippen LogP contribution in [0.2, 0.25) is 0 Å². The Balaban J connectivity index is 1.40. The fourth-order valence-corrected chi connectivity index (χ4v) is 4.87. The number of piperazine rings is 1. The first kappa shape index (κ1) is 23.4. The third kappa shape index (κ3) is 4.86. The number of hydrogen-bond acceptors (Lipinski definition) is 4. The molecule has 1 fully saturated rings. The fraction of sp³-hybridized carbons (Fsp3) is 0.207. The third-order valence-corrected chi connectivity index (χ3v) is 6.65. The van der Waals surface area contributed by atoms with Crippen LogP contribution in [0.3, 0.4) is 0 Å². The molecule has 1 N–H and O–H groups in total. The summed E-state index contributed by atoms with van der Waals surface area (Å²) < 4.78 is 1.88. The van der Waals surface area contributed by atoms with E-state index in [0.717, 1.165) is 22.5 Å². The Morgan fingerprint density at radius 2 is 1.42 bits per heavy atom. The van der Waals surface area contributed by atoms with Crippen molar-refractivity contribution in [3.05, 3.63) is 120 Å². The summed E-state index contributed by atoms with van der Waals surface area (Å²) >= 11 is 0. The van der Waals surface area contributed by atoms with E-state index in [9.17, 15) is 14.7 Å². The lowest BCUT2D eigenvalue weighted by Gasteiger charge is -2.41. The highest BCUT2D eigenvalue weighted by atomic mass is 16.4. The third-order valence-electron chi connectivity index (χ3n) is 6.65. The highest BCUT2D eigenvalue weighted by molar-refractivity contribution is 5.91. The standard InChI is InChI=1S/C29H28N4O3/c34-28(27(23-12-6-2-7-13-23)24-14-8-3-9-15-24)32-19-18-31(21-25(32)29(35)36)26-16-17-30-33(26)20-22-10-4-1-5-11-22/h1-17,25,27H,18-21H2,(H,35,36)/t25-/m0/s1. The van der Waals surface area contributed by atoms with Crippen LogP contribution in [0.25, 0.3) is 0 Å². The van der Waals surface area contributed by atoms with E-state index in [2.05, 4.69) is 5.10 Å². The van der Waals surface area contributed by atoms with Gasteiger partial charge in [0, 0.05) is 19.2 Å². The molecule has 3 aromatic carbocycles. The van der Waals surface area contributed by atoms with Crippen LogP contribution >= 0.6 is 0 Å². The van der Waals surface area contributed by atoms with Crippen molar-refractivity contribution in [1.82, 2.24) is 14.7 Å². The van der Waals surface area contributed by atoms with Crippen molar-refractivity contribution >= 4 is 17.7 Å². The molecule has 1 aliphatic rings.